The number of anilines is 1. The molecule has 0 aliphatic carbocycles. The van der Waals surface area contributed by atoms with Crippen LogP contribution in [0.4, 0.5) is 10.1 Å². The van der Waals surface area contributed by atoms with Gasteiger partial charge in [0.25, 0.3) is 15.9 Å². The molecule has 0 radical (unpaired) electrons. The first-order valence-electron chi connectivity index (χ1n) is 12.3. The van der Waals surface area contributed by atoms with Crippen LogP contribution < -0.4 is 19.2 Å². The van der Waals surface area contributed by atoms with E-state index in [9.17, 15) is 17.6 Å². The highest BCUT2D eigenvalue weighted by Crippen LogP contribution is 2.29. The molecule has 0 atom stereocenters. The minimum Gasteiger partial charge on any atom is -0.493 e. The highest BCUT2D eigenvalue weighted by atomic mass is 32.2. The van der Waals surface area contributed by atoms with Gasteiger partial charge in [0.05, 0.1) is 23.9 Å². The third-order valence-corrected chi connectivity index (χ3v) is 7.62. The molecule has 0 heterocycles. The van der Waals surface area contributed by atoms with Gasteiger partial charge in [-0.15, -0.1) is 0 Å². The van der Waals surface area contributed by atoms with Crippen molar-refractivity contribution >= 4 is 27.8 Å². The molecular formula is C30H28FN3O5S. The molecular weight excluding hydrogens is 533 g/mol. The van der Waals surface area contributed by atoms with E-state index in [1.165, 1.54) is 43.7 Å². The van der Waals surface area contributed by atoms with E-state index in [1.54, 1.807) is 30.3 Å². The van der Waals surface area contributed by atoms with Gasteiger partial charge in [0.1, 0.15) is 19.0 Å². The predicted octanol–water partition coefficient (Wildman–Crippen LogP) is 5.07. The van der Waals surface area contributed by atoms with Crippen LogP contribution in [0.3, 0.4) is 0 Å². The molecule has 0 aliphatic heterocycles. The average Bonchev–Trinajstić information content (AvgIpc) is 2.96. The Balaban J connectivity index is 1.47. The van der Waals surface area contributed by atoms with E-state index in [-0.39, 0.29) is 10.6 Å². The molecule has 4 aromatic carbocycles. The Morgan fingerprint density at radius 3 is 2.35 bits per heavy atom. The van der Waals surface area contributed by atoms with Gasteiger partial charge in [-0.05, 0) is 60.5 Å². The Morgan fingerprint density at radius 1 is 0.950 bits per heavy atom. The molecule has 0 fully saturated rings. The summed E-state index contributed by atoms with van der Waals surface area (Å²) in [4.78, 5) is 12.7. The second-order valence-corrected chi connectivity index (χ2v) is 10.6. The summed E-state index contributed by atoms with van der Waals surface area (Å²) in [7, 11) is -2.74. The third kappa shape index (κ3) is 7.03. The number of benzene rings is 4. The van der Waals surface area contributed by atoms with Crippen LogP contribution in [-0.4, -0.2) is 34.2 Å². The van der Waals surface area contributed by atoms with Gasteiger partial charge in [-0.3, -0.25) is 9.10 Å². The summed E-state index contributed by atoms with van der Waals surface area (Å²) >= 11 is 0. The number of methoxy groups -OCH3 is 1. The van der Waals surface area contributed by atoms with Gasteiger partial charge in [-0.25, -0.2) is 18.2 Å². The van der Waals surface area contributed by atoms with Crippen molar-refractivity contribution < 1.29 is 27.1 Å². The smallest absolute Gasteiger partial charge is 0.264 e. The Kier molecular flexibility index (Phi) is 9.13. The number of hydrazone groups is 1. The Morgan fingerprint density at radius 2 is 1.65 bits per heavy atom. The zero-order valence-corrected chi connectivity index (χ0v) is 22.8. The summed E-state index contributed by atoms with van der Waals surface area (Å²) in [6.45, 7) is 1.49. The van der Waals surface area contributed by atoms with Crippen molar-refractivity contribution in [3.8, 4) is 11.5 Å². The van der Waals surface area contributed by atoms with Crippen molar-refractivity contribution in [1.82, 2.24) is 5.43 Å². The van der Waals surface area contributed by atoms with Crippen molar-refractivity contribution in [2.75, 3.05) is 18.0 Å². The first kappa shape index (κ1) is 28.3. The fraction of sp³-hybridized carbons (Fsp3) is 0.133. The van der Waals surface area contributed by atoms with Crippen LogP contribution in [0.25, 0.3) is 0 Å². The molecule has 1 N–H and O–H groups in total. The maximum atomic E-state index is 14.6. The minimum atomic E-state index is -4.25. The summed E-state index contributed by atoms with van der Waals surface area (Å²) in [5.74, 6) is -0.531. The van der Waals surface area contributed by atoms with E-state index in [0.717, 1.165) is 21.5 Å². The molecule has 0 unspecified atom stereocenters. The quantitative estimate of drug-likeness (QED) is 0.204. The molecule has 4 aromatic rings. The summed E-state index contributed by atoms with van der Waals surface area (Å²) < 4.78 is 53.4. The SMILES string of the molecule is COc1cc(/C=N/NC(=O)CN(c2ccccc2F)S(=O)(=O)c2ccc(C)cc2)ccc1OCc1ccccc1. The number of carbonyl (C=O) groups excluding carboxylic acids is 1. The zero-order valence-electron chi connectivity index (χ0n) is 22.0. The Hall–Kier alpha value is -4.70. The minimum absolute atomic E-state index is 0.0701. The van der Waals surface area contributed by atoms with Crippen molar-refractivity contribution in [2.45, 2.75) is 18.4 Å². The highest BCUT2D eigenvalue weighted by Gasteiger charge is 2.29. The van der Waals surface area contributed by atoms with Crippen LogP contribution in [0.2, 0.25) is 0 Å². The molecule has 10 heteroatoms. The zero-order chi connectivity index (χ0) is 28.5. The van der Waals surface area contributed by atoms with Crippen molar-refractivity contribution in [2.24, 2.45) is 5.10 Å². The Labute approximate surface area is 232 Å². The van der Waals surface area contributed by atoms with E-state index < -0.39 is 28.3 Å². The molecule has 8 nitrogen and oxygen atoms in total. The van der Waals surface area contributed by atoms with Crippen LogP contribution in [0.15, 0.2) is 107 Å². The molecule has 0 bridgehead atoms. The molecule has 40 heavy (non-hydrogen) atoms. The van der Waals surface area contributed by atoms with Gasteiger partial charge in [0.2, 0.25) is 0 Å². The van der Waals surface area contributed by atoms with Crippen LogP contribution in [0, 0.1) is 12.7 Å². The number of amides is 1. The lowest BCUT2D eigenvalue weighted by Gasteiger charge is -2.24. The lowest BCUT2D eigenvalue weighted by Crippen LogP contribution is -2.40. The molecule has 0 spiro atoms. The lowest BCUT2D eigenvalue weighted by molar-refractivity contribution is -0.119. The highest BCUT2D eigenvalue weighted by molar-refractivity contribution is 7.92. The topological polar surface area (TPSA) is 97.3 Å². The number of hydrogen-bond acceptors (Lipinski definition) is 6. The summed E-state index contributed by atoms with van der Waals surface area (Å²) in [5.41, 5.74) is 4.52. The normalized spacial score (nSPS) is 11.3. The summed E-state index contributed by atoms with van der Waals surface area (Å²) in [6, 6.07) is 26.3. The van der Waals surface area contributed by atoms with Crippen molar-refractivity contribution in [1.29, 1.82) is 0 Å². The molecule has 4 rings (SSSR count). The maximum Gasteiger partial charge on any atom is 0.264 e. The molecule has 0 saturated carbocycles. The van der Waals surface area contributed by atoms with E-state index in [0.29, 0.717) is 23.7 Å². The first-order chi connectivity index (χ1) is 19.3. The lowest BCUT2D eigenvalue weighted by atomic mass is 10.2. The summed E-state index contributed by atoms with van der Waals surface area (Å²) in [5, 5.41) is 3.94. The van der Waals surface area contributed by atoms with Crippen LogP contribution >= 0.6 is 0 Å². The van der Waals surface area contributed by atoms with Crippen molar-refractivity contribution in [3.63, 3.8) is 0 Å². The number of nitrogens with zero attached hydrogens (tertiary/aromatic N) is 2. The number of ether oxygens (including phenoxy) is 2. The number of aryl methyl sites for hydroxylation is 1. The van der Waals surface area contributed by atoms with Gasteiger partial charge in [-0.2, -0.15) is 5.10 Å². The number of para-hydroxylation sites is 1. The van der Waals surface area contributed by atoms with Gasteiger partial charge in [0, 0.05) is 0 Å². The molecule has 1 amide bonds. The fourth-order valence-electron chi connectivity index (χ4n) is 3.75. The van der Waals surface area contributed by atoms with Gasteiger partial charge in [0.15, 0.2) is 11.5 Å². The van der Waals surface area contributed by atoms with Crippen molar-refractivity contribution in [3.05, 3.63) is 120 Å². The number of carbonyl (C=O) groups is 1. The van der Waals surface area contributed by atoms with Gasteiger partial charge in [-0.1, -0.05) is 60.2 Å². The molecule has 0 saturated heterocycles. The fourth-order valence-corrected chi connectivity index (χ4v) is 5.18. The number of hydrogen-bond donors (Lipinski definition) is 1. The third-order valence-electron chi connectivity index (χ3n) is 5.85. The monoisotopic (exact) mass is 561 g/mol. The Bertz CT molecular complexity index is 1590. The number of nitrogens with one attached hydrogen (secondary N) is 1. The van der Waals surface area contributed by atoms with E-state index in [1.807, 2.05) is 37.3 Å². The van der Waals surface area contributed by atoms with E-state index in [4.69, 9.17) is 9.47 Å². The van der Waals surface area contributed by atoms with Crippen LogP contribution in [0.5, 0.6) is 11.5 Å². The average molecular weight is 562 g/mol. The van der Waals surface area contributed by atoms with Gasteiger partial charge >= 0.3 is 0 Å². The van der Waals surface area contributed by atoms with Crippen LogP contribution in [0.1, 0.15) is 16.7 Å². The number of halogens is 1. The standard InChI is InChI=1S/C30H28FN3O5S/c1-22-12-15-25(16-13-22)40(36,37)34(27-11-7-6-10-26(27)31)20-30(35)33-32-19-24-14-17-28(29(18-24)38-2)39-21-23-8-4-3-5-9-23/h3-19H,20-21H2,1-2H3,(H,33,35)/b32-19+. The van der Waals surface area contributed by atoms with Gasteiger partial charge < -0.3 is 9.47 Å². The molecule has 206 valence electrons. The second-order valence-electron chi connectivity index (χ2n) is 8.75. The van der Waals surface area contributed by atoms with Crippen LogP contribution in [-0.2, 0) is 21.4 Å². The van der Waals surface area contributed by atoms with E-state index in [2.05, 4.69) is 10.5 Å². The number of rotatable bonds is 11. The second kappa shape index (κ2) is 12.9. The summed E-state index contributed by atoms with van der Waals surface area (Å²) in [6.07, 6.45) is 1.38. The number of sulfonamides is 1. The molecule has 0 aromatic heterocycles. The first-order valence-corrected chi connectivity index (χ1v) is 13.7. The largest absolute Gasteiger partial charge is 0.493 e. The maximum absolute atomic E-state index is 14.6. The molecule has 0 aliphatic rings. The van der Waals surface area contributed by atoms with E-state index >= 15 is 0 Å². The predicted molar refractivity (Wildman–Crippen MR) is 152 cm³/mol.